The van der Waals surface area contributed by atoms with Crippen LogP contribution < -0.4 is 15.5 Å². The van der Waals surface area contributed by atoms with E-state index >= 15 is 0 Å². The number of nitrogens with one attached hydrogen (secondary N) is 2. The molecule has 22 heavy (non-hydrogen) atoms. The van der Waals surface area contributed by atoms with E-state index < -0.39 is 5.41 Å². The van der Waals surface area contributed by atoms with Crippen molar-refractivity contribution in [1.29, 1.82) is 0 Å². The quantitative estimate of drug-likeness (QED) is 0.594. The maximum Gasteiger partial charge on any atom is 0.251 e. The molecule has 2 N–H and O–H groups in total. The van der Waals surface area contributed by atoms with Crippen molar-refractivity contribution >= 4 is 29.1 Å². The Morgan fingerprint density at radius 1 is 1.09 bits per heavy atom. The molecule has 6 heteroatoms. The highest BCUT2D eigenvalue weighted by Gasteiger charge is 2.25. The lowest BCUT2D eigenvalue weighted by Crippen LogP contribution is -2.41. The van der Waals surface area contributed by atoms with E-state index in [9.17, 15) is 9.59 Å². The Labute approximate surface area is 137 Å². The van der Waals surface area contributed by atoms with Crippen LogP contribution in [0.5, 0.6) is 0 Å². The summed E-state index contributed by atoms with van der Waals surface area (Å²) in [6, 6.07) is 7.33. The van der Waals surface area contributed by atoms with Crippen molar-refractivity contribution in [3.05, 3.63) is 29.8 Å². The Morgan fingerprint density at radius 2 is 1.64 bits per heavy atom. The number of benzene rings is 1. The van der Waals surface area contributed by atoms with Crippen LogP contribution in [0, 0.1) is 5.41 Å². The minimum atomic E-state index is -0.604. The molecular formula is C16H24ClN3O2. The van der Waals surface area contributed by atoms with Crippen LogP contribution in [-0.4, -0.2) is 44.9 Å². The maximum atomic E-state index is 12.0. The van der Waals surface area contributed by atoms with Crippen molar-refractivity contribution in [2.75, 3.05) is 38.0 Å². The number of halogens is 1. The average Bonchev–Trinajstić information content (AvgIpc) is 2.51. The summed E-state index contributed by atoms with van der Waals surface area (Å²) in [5.41, 5.74) is 1.03. The van der Waals surface area contributed by atoms with Gasteiger partial charge >= 0.3 is 0 Å². The van der Waals surface area contributed by atoms with Crippen molar-refractivity contribution in [3.63, 3.8) is 0 Å². The third-order valence-electron chi connectivity index (χ3n) is 3.29. The van der Waals surface area contributed by atoms with Gasteiger partial charge in [0.05, 0.1) is 5.41 Å². The molecule has 2 amide bonds. The zero-order chi connectivity index (χ0) is 16.8. The zero-order valence-corrected chi connectivity index (χ0v) is 14.3. The first-order valence-electron chi connectivity index (χ1n) is 7.18. The fourth-order valence-electron chi connectivity index (χ4n) is 1.67. The largest absolute Gasteiger partial charge is 0.378 e. The topological polar surface area (TPSA) is 61.4 Å². The van der Waals surface area contributed by atoms with Crippen LogP contribution in [-0.2, 0) is 4.79 Å². The van der Waals surface area contributed by atoms with E-state index in [0.29, 0.717) is 18.7 Å². The Kier molecular flexibility index (Phi) is 6.68. The highest BCUT2D eigenvalue weighted by Crippen LogP contribution is 2.16. The highest BCUT2D eigenvalue weighted by molar-refractivity contribution is 6.19. The van der Waals surface area contributed by atoms with Gasteiger partial charge < -0.3 is 15.5 Å². The molecule has 0 aliphatic heterocycles. The Bertz CT molecular complexity index is 513. The average molecular weight is 326 g/mol. The summed E-state index contributed by atoms with van der Waals surface area (Å²) < 4.78 is 0. The standard InChI is InChI=1S/C16H24ClN3O2/c1-16(2,11-17)15(22)19-10-9-18-14(21)12-5-7-13(8-6-12)20(3)4/h5-8H,9-11H2,1-4H3,(H,18,21)(H,19,22). The number of alkyl halides is 1. The number of anilines is 1. The second kappa shape index (κ2) is 8.03. The molecule has 0 radical (unpaired) electrons. The van der Waals surface area contributed by atoms with E-state index in [1.807, 2.05) is 31.1 Å². The molecule has 0 saturated heterocycles. The number of amides is 2. The van der Waals surface area contributed by atoms with Gasteiger partial charge in [0.1, 0.15) is 0 Å². The Morgan fingerprint density at radius 3 is 2.14 bits per heavy atom. The molecular weight excluding hydrogens is 302 g/mol. The SMILES string of the molecule is CN(C)c1ccc(C(=O)NCCNC(=O)C(C)(C)CCl)cc1. The fraction of sp³-hybridized carbons (Fsp3) is 0.500. The number of carbonyl (C=O) groups is 2. The number of rotatable bonds is 7. The molecule has 0 atom stereocenters. The van der Waals surface area contributed by atoms with Crippen molar-refractivity contribution in [1.82, 2.24) is 10.6 Å². The first kappa shape index (κ1) is 18.3. The lowest BCUT2D eigenvalue weighted by molar-refractivity contribution is -0.128. The van der Waals surface area contributed by atoms with Gasteiger partial charge in [-0.2, -0.15) is 0 Å². The van der Waals surface area contributed by atoms with Gasteiger partial charge in [0.15, 0.2) is 0 Å². The summed E-state index contributed by atoms with van der Waals surface area (Å²) in [6.07, 6.45) is 0. The minimum Gasteiger partial charge on any atom is -0.378 e. The van der Waals surface area contributed by atoms with Gasteiger partial charge in [-0.25, -0.2) is 0 Å². The summed E-state index contributed by atoms with van der Waals surface area (Å²) in [4.78, 5) is 25.7. The van der Waals surface area contributed by atoms with Gasteiger partial charge in [0, 0.05) is 44.3 Å². The molecule has 5 nitrogen and oxygen atoms in total. The third kappa shape index (κ3) is 5.22. The molecule has 0 spiro atoms. The van der Waals surface area contributed by atoms with Crippen LogP contribution >= 0.6 is 11.6 Å². The second-order valence-electron chi connectivity index (χ2n) is 5.97. The van der Waals surface area contributed by atoms with E-state index in [1.54, 1.807) is 26.0 Å². The molecule has 0 heterocycles. The third-order valence-corrected chi connectivity index (χ3v) is 3.96. The van der Waals surface area contributed by atoms with Crippen LogP contribution in [0.25, 0.3) is 0 Å². The fourth-order valence-corrected chi connectivity index (χ4v) is 1.79. The van der Waals surface area contributed by atoms with E-state index in [4.69, 9.17) is 11.6 Å². The molecule has 0 fully saturated rings. The Balaban J connectivity index is 2.39. The van der Waals surface area contributed by atoms with Crippen LogP contribution in [0.4, 0.5) is 5.69 Å². The van der Waals surface area contributed by atoms with E-state index in [-0.39, 0.29) is 17.7 Å². The summed E-state index contributed by atoms with van der Waals surface area (Å²) in [5, 5.41) is 5.53. The summed E-state index contributed by atoms with van der Waals surface area (Å²) >= 11 is 5.73. The van der Waals surface area contributed by atoms with Gasteiger partial charge in [0.25, 0.3) is 5.91 Å². The smallest absolute Gasteiger partial charge is 0.251 e. The van der Waals surface area contributed by atoms with Crippen LogP contribution in [0.15, 0.2) is 24.3 Å². The lowest BCUT2D eigenvalue weighted by Gasteiger charge is -2.20. The minimum absolute atomic E-state index is 0.118. The number of hydrogen-bond donors (Lipinski definition) is 2. The van der Waals surface area contributed by atoms with Crippen molar-refractivity contribution < 1.29 is 9.59 Å². The summed E-state index contributed by atoms with van der Waals surface area (Å²) in [6.45, 7) is 4.31. The maximum absolute atomic E-state index is 12.0. The Hall–Kier alpha value is -1.75. The van der Waals surface area contributed by atoms with E-state index in [2.05, 4.69) is 10.6 Å². The first-order chi connectivity index (χ1) is 10.3. The molecule has 0 unspecified atom stereocenters. The summed E-state index contributed by atoms with van der Waals surface area (Å²) in [7, 11) is 3.89. The van der Waals surface area contributed by atoms with Crippen LogP contribution in [0.3, 0.4) is 0 Å². The predicted octanol–water partition coefficient (Wildman–Crippen LogP) is 1.86. The van der Waals surface area contributed by atoms with Gasteiger partial charge in [-0.3, -0.25) is 9.59 Å². The van der Waals surface area contributed by atoms with E-state index in [0.717, 1.165) is 5.69 Å². The van der Waals surface area contributed by atoms with Gasteiger partial charge in [0.2, 0.25) is 5.91 Å². The zero-order valence-electron chi connectivity index (χ0n) is 13.6. The van der Waals surface area contributed by atoms with Crippen molar-refractivity contribution in [2.24, 2.45) is 5.41 Å². The normalized spacial score (nSPS) is 11.0. The lowest BCUT2D eigenvalue weighted by atomic mass is 9.95. The molecule has 0 aromatic heterocycles. The van der Waals surface area contributed by atoms with E-state index in [1.165, 1.54) is 0 Å². The van der Waals surface area contributed by atoms with Crippen molar-refractivity contribution in [2.45, 2.75) is 13.8 Å². The molecule has 0 aliphatic carbocycles. The van der Waals surface area contributed by atoms with Gasteiger partial charge in [-0.05, 0) is 38.1 Å². The van der Waals surface area contributed by atoms with Gasteiger partial charge in [-0.1, -0.05) is 0 Å². The molecule has 1 rings (SSSR count). The molecule has 0 aliphatic rings. The van der Waals surface area contributed by atoms with Crippen molar-refractivity contribution in [3.8, 4) is 0 Å². The monoisotopic (exact) mass is 325 g/mol. The number of hydrogen-bond acceptors (Lipinski definition) is 3. The van der Waals surface area contributed by atoms with Gasteiger partial charge in [-0.15, -0.1) is 11.6 Å². The highest BCUT2D eigenvalue weighted by atomic mass is 35.5. The number of carbonyl (C=O) groups excluding carboxylic acids is 2. The molecule has 122 valence electrons. The second-order valence-corrected chi connectivity index (χ2v) is 6.24. The first-order valence-corrected chi connectivity index (χ1v) is 7.71. The molecule has 1 aromatic carbocycles. The van der Waals surface area contributed by atoms with Crippen LogP contribution in [0.1, 0.15) is 24.2 Å². The molecule has 0 saturated carbocycles. The predicted molar refractivity (Wildman–Crippen MR) is 90.6 cm³/mol. The summed E-state index contributed by atoms with van der Waals surface area (Å²) in [5.74, 6) is -0.0214. The number of nitrogens with zero attached hydrogens (tertiary/aromatic N) is 1. The van der Waals surface area contributed by atoms with Crippen LogP contribution in [0.2, 0.25) is 0 Å². The molecule has 0 bridgehead atoms. The molecule has 1 aromatic rings.